The lowest BCUT2D eigenvalue weighted by Gasteiger charge is -2.24. The van der Waals surface area contributed by atoms with E-state index >= 15 is 0 Å². The quantitative estimate of drug-likeness (QED) is 0.204. The molecule has 1 atom stereocenters. The third-order valence-corrected chi connectivity index (χ3v) is 8.53. The summed E-state index contributed by atoms with van der Waals surface area (Å²) in [6, 6.07) is 18.5. The Morgan fingerprint density at radius 2 is 1.76 bits per heavy atom. The van der Waals surface area contributed by atoms with E-state index in [1.54, 1.807) is 49.2 Å². The fraction of sp³-hybridized carbons (Fsp3) is 0.250. The third kappa shape index (κ3) is 5.77. The van der Waals surface area contributed by atoms with Crippen molar-refractivity contribution in [2.45, 2.75) is 31.7 Å². The minimum absolute atomic E-state index is 0.202. The number of fused-ring (bicyclic) bond motifs is 2. The van der Waals surface area contributed by atoms with Crippen LogP contribution >= 0.6 is 23.1 Å². The van der Waals surface area contributed by atoms with Gasteiger partial charge < -0.3 is 14.2 Å². The molecule has 2 heterocycles. The number of nitrogens with zero attached hydrogens (tertiary/aromatic N) is 2. The van der Waals surface area contributed by atoms with Crippen molar-refractivity contribution >= 4 is 51.9 Å². The molecule has 8 nitrogen and oxygen atoms in total. The number of esters is 2. The number of aromatic nitrogens is 1. The van der Waals surface area contributed by atoms with Gasteiger partial charge in [0, 0.05) is 10.5 Å². The van der Waals surface area contributed by atoms with E-state index < -0.39 is 18.0 Å². The molecule has 0 saturated heterocycles. The van der Waals surface area contributed by atoms with Crippen molar-refractivity contribution in [2.24, 2.45) is 4.99 Å². The Labute approximate surface area is 251 Å². The Balaban J connectivity index is 1.70. The molecule has 0 bridgehead atoms. The predicted molar refractivity (Wildman–Crippen MR) is 165 cm³/mol. The number of hydrogen-bond acceptors (Lipinski definition) is 9. The zero-order valence-corrected chi connectivity index (χ0v) is 25.3. The number of allylic oxidation sites excluding steroid dienone is 1. The van der Waals surface area contributed by atoms with Crippen LogP contribution in [0.25, 0.3) is 16.8 Å². The molecule has 4 aromatic rings. The van der Waals surface area contributed by atoms with Crippen molar-refractivity contribution in [1.82, 2.24) is 4.57 Å². The van der Waals surface area contributed by atoms with E-state index in [1.807, 2.05) is 60.9 Å². The number of thioether (sulfide) groups is 1. The van der Waals surface area contributed by atoms with E-state index in [9.17, 15) is 14.4 Å². The number of ether oxygens (including phenoxy) is 3. The second kappa shape index (κ2) is 12.8. The molecule has 0 fully saturated rings. The van der Waals surface area contributed by atoms with E-state index in [0.29, 0.717) is 31.9 Å². The molecule has 0 aliphatic carbocycles. The number of carbonyl (C=O) groups is 2. The van der Waals surface area contributed by atoms with E-state index in [4.69, 9.17) is 14.2 Å². The summed E-state index contributed by atoms with van der Waals surface area (Å²) in [5.74, 6) is -0.540. The largest absolute Gasteiger partial charge is 0.481 e. The van der Waals surface area contributed by atoms with E-state index in [2.05, 4.69) is 4.99 Å². The highest BCUT2D eigenvalue weighted by atomic mass is 32.2. The van der Waals surface area contributed by atoms with Gasteiger partial charge in [-0.25, -0.2) is 14.6 Å². The molecule has 5 rings (SSSR count). The SMILES string of the molecule is CCOC(=O)COc1ccc2ccccc2c1/C=c1\sc2n(c1=O)[C@@H](c1ccc(SC)cc1)C(C(=O)OCC)=C(C)N=2. The minimum Gasteiger partial charge on any atom is -0.481 e. The van der Waals surface area contributed by atoms with Crippen LogP contribution in [-0.4, -0.2) is 42.6 Å². The van der Waals surface area contributed by atoms with Crippen molar-refractivity contribution < 1.29 is 23.8 Å². The summed E-state index contributed by atoms with van der Waals surface area (Å²) in [4.78, 5) is 45.6. The van der Waals surface area contributed by atoms with Gasteiger partial charge >= 0.3 is 11.9 Å². The average Bonchev–Trinajstić information content (AvgIpc) is 3.30. The number of thiazole rings is 1. The summed E-state index contributed by atoms with van der Waals surface area (Å²) >= 11 is 2.84. The minimum atomic E-state index is -0.703. The molecule has 0 saturated carbocycles. The van der Waals surface area contributed by atoms with Gasteiger partial charge in [0.05, 0.1) is 35.1 Å². The molecule has 0 amide bonds. The first-order valence-electron chi connectivity index (χ1n) is 13.5. The maximum Gasteiger partial charge on any atom is 0.344 e. The highest BCUT2D eigenvalue weighted by molar-refractivity contribution is 7.98. The van der Waals surface area contributed by atoms with E-state index in [0.717, 1.165) is 21.2 Å². The van der Waals surface area contributed by atoms with Crippen LogP contribution in [0.15, 0.2) is 86.6 Å². The van der Waals surface area contributed by atoms with Gasteiger partial charge in [0.15, 0.2) is 11.4 Å². The maximum absolute atomic E-state index is 14.1. The van der Waals surface area contributed by atoms with Gasteiger partial charge in [0.2, 0.25) is 0 Å². The Morgan fingerprint density at radius 1 is 1.02 bits per heavy atom. The van der Waals surface area contributed by atoms with Gasteiger partial charge in [-0.3, -0.25) is 9.36 Å². The first-order chi connectivity index (χ1) is 20.4. The highest BCUT2D eigenvalue weighted by Crippen LogP contribution is 2.32. The number of benzene rings is 3. The molecular formula is C32H30N2O6S2. The zero-order valence-electron chi connectivity index (χ0n) is 23.7. The van der Waals surface area contributed by atoms with Crippen LogP contribution in [0.5, 0.6) is 5.75 Å². The van der Waals surface area contributed by atoms with Crippen molar-refractivity contribution in [1.29, 1.82) is 0 Å². The fourth-order valence-corrected chi connectivity index (χ4v) is 6.35. The van der Waals surface area contributed by atoms with Crippen LogP contribution < -0.4 is 19.6 Å². The lowest BCUT2D eigenvalue weighted by atomic mass is 9.96. The Morgan fingerprint density at radius 3 is 2.48 bits per heavy atom. The molecule has 1 aliphatic heterocycles. The summed E-state index contributed by atoms with van der Waals surface area (Å²) in [5, 5.41) is 1.81. The first kappa shape index (κ1) is 29.3. The summed E-state index contributed by atoms with van der Waals surface area (Å²) in [6.45, 7) is 5.44. The lowest BCUT2D eigenvalue weighted by Crippen LogP contribution is -2.39. The van der Waals surface area contributed by atoms with Crippen LogP contribution in [0.2, 0.25) is 0 Å². The van der Waals surface area contributed by atoms with Crippen LogP contribution in [0.3, 0.4) is 0 Å². The molecule has 0 unspecified atom stereocenters. The maximum atomic E-state index is 14.1. The van der Waals surface area contributed by atoms with Crippen LogP contribution in [0.4, 0.5) is 0 Å². The van der Waals surface area contributed by atoms with Gasteiger partial charge in [0.25, 0.3) is 5.56 Å². The molecule has 0 spiro atoms. The number of carbonyl (C=O) groups excluding carboxylic acids is 2. The Bertz CT molecular complexity index is 1870. The molecule has 42 heavy (non-hydrogen) atoms. The number of rotatable bonds is 9. The zero-order chi connectivity index (χ0) is 29.8. The lowest BCUT2D eigenvalue weighted by molar-refractivity contribution is -0.145. The summed E-state index contributed by atoms with van der Waals surface area (Å²) in [7, 11) is 0. The van der Waals surface area contributed by atoms with Crippen molar-refractivity contribution in [3.63, 3.8) is 0 Å². The van der Waals surface area contributed by atoms with E-state index in [1.165, 1.54) is 11.3 Å². The topological polar surface area (TPSA) is 96.2 Å². The number of hydrogen-bond donors (Lipinski definition) is 0. The van der Waals surface area contributed by atoms with E-state index in [-0.39, 0.29) is 25.4 Å². The van der Waals surface area contributed by atoms with Crippen molar-refractivity contribution in [3.8, 4) is 5.75 Å². The predicted octanol–water partition coefficient (Wildman–Crippen LogP) is 4.62. The molecule has 3 aromatic carbocycles. The standard InChI is InChI=1S/C32H30N2O6S2/c1-5-38-27(35)18-40-25-16-13-20-9-7-8-10-23(20)24(25)17-26-30(36)34-29(21-11-14-22(41-4)15-12-21)28(31(37)39-6-2)19(3)33-32(34)42-26/h7-17,29H,5-6,18H2,1-4H3/b26-17-/t29-/m0/s1. The summed E-state index contributed by atoms with van der Waals surface area (Å²) in [6.07, 6.45) is 3.76. The summed E-state index contributed by atoms with van der Waals surface area (Å²) < 4.78 is 18.3. The van der Waals surface area contributed by atoms with Gasteiger partial charge in [-0.1, -0.05) is 53.8 Å². The van der Waals surface area contributed by atoms with Crippen molar-refractivity contribution in [2.75, 3.05) is 26.1 Å². The van der Waals surface area contributed by atoms with Gasteiger partial charge in [-0.2, -0.15) is 0 Å². The van der Waals surface area contributed by atoms with Gasteiger partial charge in [-0.15, -0.1) is 11.8 Å². The molecule has 0 radical (unpaired) electrons. The monoisotopic (exact) mass is 602 g/mol. The first-order valence-corrected chi connectivity index (χ1v) is 15.5. The Kier molecular flexibility index (Phi) is 8.94. The van der Waals surface area contributed by atoms with Gasteiger partial charge in [0.1, 0.15) is 5.75 Å². The third-order valence-electron chi connectivity index (χ3n) is 6.81. The molecule has 1 aliphatic rings. The molecule has 10 heteroatoms. The van der Waals surface area contributed by atoms with Gasteiger partial charge in [-0.05, 0) is 67.6 Å². The molecule has 1 aromatic heterocycles. The average molecular weight is 603 g/mol. The second-order valence-electron chi connectivity index (χ2n) is 9.37. The van der Waals surface area contributed by atoms with Crippen molar-refractivity contribution in [3.05, 3.63) is 103 Å². The second-order valence-corrected chi connectivity index (χ2v) is 11.3. The fourth-order valence-electron chi connectivity index (χ4n) is 4.91. The van der Waals surface area contributed by atoms with Crippen LogP contribution in [0.1, 0.15) is 37.9 Å². The normalized spacial score (nSPS) is 14.9. The Hall–Kier alpha value is -4.15. The highest BCUT2D eigenvalue weighted by Gasteiger charge is 2.33. The van der Waals surface area contributed by atoms with Crippen LogP contribution in [0, 0.1) is 0 Å². The molecule has 0 N–H and O–H groups in total. The van der Waals surface area contributed by atoms with Crippen LogP contribution in [-0.2, 0) is 19.1 Å². The molecular weight excluding hydrogens is 572 g/mol. The summed E-state index contributed by atoms with van der Waals surface area (Å²) in [5.41, 5.74) is 1.97. The molecule has 216 valence electrons. The smallest absolute Gasteiger partial charge is 0.344 e.